The molecule has 0 bridgehead atoms. The van der Waals surface area contributed by atoms with E-state index in [-0.39, 0.29) is 48.1 Å². The van der Waals surface area contributed by atoms with Crippen molar-refractivity contribution in [3.63, 3.8) is 0 Å². The van der Waals surface area contributed by atoms with Crippen molar-refractivity contribution in [2.24, 2.45) is 11.3 Å². The maximum absolute atomic E-state index is 12.6. The predicted molar refractivity (Wildman–Crippen MR) is 104 cm³/mol. The number of ether oxygens (including phenoxy) is 1. The van der Waals surface area contributed by atoms with Crippen molar-refractivity contribution < 1.29 is 32.6 Å². The molecule has 0 aliphatic heterocycles. The Morgan fingerprint density at radius 1 is 1.23 bits per heavy atom. The summed E-state index contributed by atoms with van der Waals surface area (Å²) in [7, 11) is 0. The molecular formula is C21H26F3N3O4. The zero-order valence-electron chi connectivity index (χ0n) is 17.4. The lowest BCUT2D eigenvalue weighted by Crippen LogP contribution is -2.46. The largest absolute Gasteiger partial charge is 0.573 e. The highest BCUT2D eigenvalue weighted by molar-refractivity contribution is 5.82. The fourth-order valence-corrected chi connectivity index (χ4v) is 3.27. The van der Waals surface area contributed by atoms with E-state index in [1.54, 1.807) is 19.9 Å². The van der Waals surface area contributed by atoms with Crippen LogP contribution in [0.1, 0.15) is 50.7 Å². The number of nitrogens with zero attached hydrogens (tertiary/aromatic N) is 1. The molecule has 0 aromatic heterocycles. The number of hydrogen-bond donors (Lipinski definition) is 3. The van der Waals surface area contributed by atoms with Gasteiger partial charge in [0.15, 0.2) is 0 Å². The lowest BCUT2D eigenvalue weighted by Gasteiger charge is -2.31. The fourth-order valence-electron chi connectivity index (χ4n) is 3.27. The Kier molecular flexibility index (Phi) is 7.90. The summed E-state index contributed by atoms with van der Waals surface area (Å²) in [4.78, 5) is 24.6. The minimum absolute atomic E-state index is 0.0130. The highest BCUT2D eigenvalue weighted by atomic mass is 19.4. The van der Waals surface area contributed by atoms with Gasteiger partial charge in [-0.25, -0.2) is 0 Å². The standard InChI is InChI=1S/C21H26F3N3O4/c1-20(2,12-28)19(30)27-16-7-5-14(6-8-16)18(29)26-11-15-4-3-13(10-25)9-17(15)31-21(22,23)24/h3-4,9,14,16,28H,5-8,11-12H2,1-2H3,(H,26,29)(H,27,30). The average molecular weight is 441 g/mol. The number of rotatable bonds is 7. The molecule has 0 spiro atoms. The van der Waals surface area contributed by atoms with Crippen LogP contribution in [0.4, 0.5) is 13.2 Å². The minimum atomic E-state index is -4.92. The number of hydrogen-bond acceptors (Lipinski definition) is 5. The predicted octanol–water partition coefficient (Wildman–Crippen LogP) is 2.77. The lowest BCUT2D eigenvalue weighted by atomic mass is 9.84. The van der Waals surface area contributed by atoms with Crippen LogP contribution < -0.4 is 15.4 Å². The SMILES string of the molecule is CC(C)(CO)C(=O)NC1CCC(C(=O)NCc2ccc(C#N)cc2OC(F)(F)F)CC1. The van der Waals surface area contributed by atoms with E-state index >= 15 is 0 Å². The molecule has 1 aromatic carbocycles. The van der Waals surface area contributed by atoms with E-state index in [0.29, 0.717) is 25.7 Å². The smallest absolute Gasteiger partial charge is 0.405 e. The molecule has 3 N–H and O–H groups in total. The van der Waals surface area contributed by atoms with Gasteiger partial charge in [-0.1, -0.05) is 6.07 Å². The maximum Gasteiger partial charge on any atom is 0.573 e. The van der Waals surface area contributed by atoms with Crippen LogP contribution in [0.5, 0.6) is 5.75 Å². The molecule has 1 fully saturated rings. The summed E-state index contributed by atoms with van der Waals surface area (Å²) in [5, 5.41) is 23.7. The van der Waals surface area contributed by atoms with E-state index in [2.05, 4.69) is 15.4 Å². The van der Waals surface area contributed by atoms with Crippen LogP contribution in [0, 0.1) is 22.7 Å². The second-order valence-corrected chi connectivity index (χ2v) is 8.26. The van der Waals surface area contributed by atoms with Gasteiger partial charge in [-0.05, 0) is 51.7 Å². The molecule has 7 nitrogen and oxygen atoms in total. The fraction of sp³-hybridized carbons (Fsp3) is 0.571. The molecular weight excluding hydrogens is 415 g/mol. The number of aliphatic hydroxyl groups is 1. The third-order valence-electron chi connectivity index (χ3n) is 5.32. The van der Waals surface area contributed by atoms with Crippen LogP contribution in [0.25, 0.3) is 0 Å². The second-order valence-electron chi connectivity index (χ2n) is 8.26. The van der Waals surface area contributed by atoms with Gasteiger partial charge in [0.05, 0.1) is 23.7 Å². The van der Waals surface area contributed by atoms with Crippen LogP contribution in [-0.4, -0.2) is 35.9 Å². The Balaban J connectivity index is 1.90. The number of benzene rings is 1. The molecule has 0 saturated heterocycles. The summed E-state index contributed by atoms with van der Waals surface area (Å²) in [6.45, 7) is 2.84. The molecule has 1 aliphatic carbocycles. The van der Waals surface area contributed by atoms with Gasteiger partial charge in [-0.2, -0.15) is 5.26 Å². The van der Waals surface area contributed by atoms with Crippen molar-refractivity contribution in [1.29, 1.82) is 5.26 Å². The van der Waals surface area contributed by atoms with Crippen LogP contribution >= 0.6 is 0 Å². The maximum atomic E-state index is 12.6. The Hall–Kier alpha value is -2.80. The van der Waals surface area contributed by atoms with Gasteiger partial charge < -0.3 is 20.5 Å². The third-order valence-corrected chi connectivity index (χ3v) is 5.32. The molecule has 0 unspecified atom stereocenters. The molecule has 0 heterocycles. The molecule has 1 saturated carbocycles. The van der Waals surface area contributed by atoms with Crippen molar-refractivity contribution in [3.8, 4) is 11.8 Å². The first kappa shape index (κ1) is 24.5. The number of carbonyl (C=O) groups is 2. The van der Waals surface area contributed by atoms with Crippen LogP contribution in [-0.2, 0) is 16.1 Å². The number of carbonyl (C=O) groups excluding carboxylic acids is 2. The number of halogens is 3. The number of alkyl halides is 3. The Morgan fingerprint density at radius 2 is 1.87 bits per heavy atom. The Bertz CT molecular complexity index is 841. The molecule has 1 aromatic rings. The third kappa shape index (κ3) is 7.14. The topological polar surface area (TPSA) is 111 Å². The normalized spacial score (nSPS) is 19.3. The van der Waals surface area contributed by atoms with Crippen LogP contribution in [0.2, 0.25) is 0 Å². The molecule has 2 rings (SSSR count). The Morgan fingerprint density at radius 3 is 2.42 bits per heavy atom. The van der Waals surface area contributed by atoms with Gasteiger partial charge in [-0.15, -0.1) is 13.2 Å². The monoisotopic (exact) mass is 441 g/mol. The summed E-state index contributed by atoms with van der Waals surface area (Å²) in [6.07, 6.45) is -2.69. The zero-order chi connectivity index (χ0) is 23.2. The summed E-state index contributed by atoms with van der Waals surface area (Å²) in [5.74, 6) is -1.38. The van der Waals surface area contributed by atoms with E-state index in [1.165, 1.54) is 12.1 Å². The van der Waals surface area contributed by atoms with Crippen molar-refractivity contribution in [2.75, 3.05) is 6.61 Å². The Labute approximate surface area is 178 Å². The molecule has 170 valence electrons. The summed E-state index contributed by atoms with van der Waals surface area (Å²) >= 11 is 0. The first-order chi connectivity index (χ1) is 14.4. The summed E-state index contributed by atoms with van der Waals surface area (Å²) < 4.78 is 41.9. The van der Waals surface area contributed by atoms with Gasteiger partial charge in [0, 0.05) is 24.1 Å². The van der Waals surface area contributed by atoms with E-state index in [1.807, 2.05) is 0 Å². The van der Waals surface area contributed by atoms with Gasteiger partial charge in [0.25, 0.3) is 0 Å². The first-order valence-corrected chi connectivity index (χ1v) is 9.93. The van der Waals surface area contributed by atoms with Crippen molar-refractivity contribution in [2.45, 2.75) is 58.5 Å². The number of amides is 2. The average Bonchev–Trinajstić information content (AvgIpc) is 2.71. The molecule has 31 heavy (non-hydrogen) atoms. The van der Waals surface area contributed by atoms with E-state index in [0.717, 1.165) is 6.07 Å². The lowest BCUT2D eigenvalue weighted by molar-refractivity contribution is -0.274. The van der Waals surface area contributed by atoms with E-state index < -0.39 is 17.5 Å². The van der Waals surface area contributed by atoms with E-state index in [9.17, 15) is 27.9 Å². The summed E-state index contributed by atoms with van der Waals surface area (Å²) in [6, 6.07) is 5.31. The van der Waals surface area contributed by atoms with Gasteiger partial charge in [0.1, 0.15) is 5.75 Å². The van der Waals surface area contributed by atoms with Crippen LogP contribution in [0.3, 0.4) is 0 Å². The zero-order valence-corrected chi connectivity index (χ0v) is 17.4. The summed E-state index contributed by atoms with van der Waals surface area (Å²) in [5.41, 5.74) is -0.762. The number of aliphatic hydroxyl groups excluding tert-OH is 1. The minimum Gasteiger partial charge on any atom is -0.405 e. The first-order valence-electron chi connectivity index (χ1n) is 9.93. The van der Waals surface area contributed by atoms with Gasteiger partial charge >= 0.3 is 6.36 Å². The highest BCUT2D eigenvalue weighted by Crippen LogP contribution is 2.29. The van der Waals surface area contributed by atoms with Crippen LogP contribution in [0.15, 0.2) is 18.2 Å². The molecule has 10 heteroatoms. The van der Waals surface area contributed by atoms with Gasteiger partial charge in [-0.3, -0.25) is 9.59 Å². The molecule has 0 atom stereocenters. The van der Waals surface area contributed by atoms with Crippen molar-refractivity contribution in [1.82, 2.24) is 10.6 Å². The number of nitrogens with one attached hydrogen (secondary N) is 2. The molecule has 2 amide bonds. The molecule has 1 aliphatic rings. The van der Waals surface area contributed by atoms with Crippen molar-refractivity contribution in [3.05, 3.63) is 29.3 Å². The molecule has 0 radical (unpaired) electrons. The highest BCUT2D eigenvalue weighted by Gasteiger charge is 2.33. The second kappa shape index (κ2) is 10.0. The quantitative estimate of drug-likeness (QED) is 0.603. The van der Waals surface area contributed by atoms with Gasteiger partial charge in [0.2, 0.25) is 11.8 Å². The van der Waals surface area contributed by atoms with Crippen molar-refractivity contribution >= 4 is 11.8 Å². The van der Waals surface area contributed by atoms with E-state index in [4.69, 9.17) is 5.26 Å². The number of nitriles is 1.